The zero-order valence-electron chi connectivity index (χ0n) is 15.0. The molecule has 2 fully saturated rings. The molecule has 0 aromatic carbocycles. The van der Waals surface area contributed by atoms with Crippen molar-refractivity contribution >= 4 is 39.8 Å². The van der Waals surface area contributed by atoms with Gasteiger partial charge in [-0.1, -0.05) is 6.92 Å². The molecule has 2 unspecified atom stereocenters. The molecule has 0 amide bonds. The van der Waals surface area contributed by atoms with Gasteiger partial charge in [-0.3, -0.25) is 4.99 Å². The van der Waals surface area contributed by atoms with Crippen LogP contribution in [0.5, 0.6) is 0 Å². The van der Waals surface area contributed by atoms with Crippen LogP contribution in [-0.2, 0) is 9.84 Å². The minimum Gasteiger partial charge on any atom is -0.356 e. The van der Waals surface area contributed by atoms with Gasteiger partial charge in [0.25, 0.3) is 0 Å². The predicted octanol–water partition coefficient (Wildman–Crippen LogP) is 1.47. The summed E-state index contributed by atoms with van der Waals surface area (Å²) in [4.78, 5) is 6.76. The Hall–Kier alpha value is -0.0900. The van der Waals surface area contributed by atoms with E-state index in [-0.39, 0.29) is 41.5 Å². The minimum absolute atomic E-state index is 0. The monoisotopic (exact) mass is 472 g/mol. The predicted molar refractivity (Wildman–Crippen MR) is 111 cm³/mol. The molecule has 2 aliphatic rings. The lowest BCUT2D eigenvalue weighted by Gasteiger charge is -2.30. The number of sulfone groups is 1. The number of rotatable bonds is 6. The highest BCUT2D eigenvalue weighted by molar-refractivity contribution is 14.0. The van der Waals surface area contributed by atoms with Gasteiger partial charge in [-0.2, -0.15) is 0 Å². The summed E-state index contributed by atoms with van der Waals surface area (Å²) in [6, 6.07) is 0.000961. The lowest BCUT2D eigenvalue weighted by molar-refractivity contribution is 0.181. The molecule has 2 saturated heterocycles. The summed E-state index contributed by atoms with van der Waals surface area (Å²) in [6.07, 6.45) is 5.68. The maximum absolute atomic E-state index is 11.5. The van der Waals surface area contributed by atoms with Gasteiger partial charge in [0.05, 0.1) is 11.5 Å². The zero-order valence-corrected chi connectivity index (χ0v) is 18.1. The first-order valence-corrected chi connectivity index (χ1v) is 10.7. The Bertz CT molecular complexity index is 498. The number of guanidine groups is 1. The van der Waals surface area contributed by atoms with E-state index in [1.807, 2.05) is 0 Å². The smallest absolute Gasteiger partial charge is 0.191 e. The fourth-order valence-electron chi connectivity index (χ4n) is 3.45. The number of unbranched alkanes of at least 4 members (excludes halogenated alkanes) is 1. The molecule has 0 aliphatic carbocycles. The van der Waals surface area contributed by atoms with Crippen LogP contribution in [0, 0.1) is 5.92 Å². The third kappa shape index (κ3) is 7.86. The van der Waals surface area contributed by atoms with E-state index in [1.165, 1.54) is 38.9 Å². The molecule has 0 spiro atoms. The summed E-state index contributed by atoms with van der Waals surface area (Å²) in [6.45, 7) is 6.89. The van der Waals surface area contributed by atoms with E-state index >= 15 is 0 Å². The van der Waals surface area contributed by atoms with Crippen molar-refractivity contribution in [2.75, 3.05) is 44.7 Å². The number of piperidine rings is 1. The van der Waals surface area contributed by atoms with Crippen LogP contribution in [0.3, 0.4) is 0 Å². The first-order chi connectivity index (χ1) is 11.0. The molecular formula is C16H33IN4O2S. The summed E-state index contributed by atoms with van der Waals surface area (Å²) in [5, 5.41) is 6.51. The van der Waals surface area contributed by atoms with Crippen LogP contribution < -0.4 is 10.6 Å². The van der Waals surface area contributed by atoms with Crippen molar-refractivity contribution in [3.05, 3.63) is 0 Å². The fourth-order valence-corrected chi connectivity index (χ4v) is 5.13. The topological polar surface area (TPSA) is 73.8 Å². The van der Waals surface area contributed by atoms with Crippen molar-refractivity contribution in [1.29, 1.82) is 0 Å². The average Bonchev–Trinajstić information content (AvgIpc) is 2.84. The Kier molecular flexibility index (Phi) is 9.88. The van der Waals surface area contributed by atoms with Crippen LogP contribution in [0.15, 0.2) is 4.99 Å². The number of nitrogens with one attached hydrogen (secondary N) is 2. The van der Waals surface area contributed by atoms with Crippen LogP contribution in [-0.4, -0.2) is 70.1 Å². The van der Waals surface area contributed by atoms with Crippen molar-refractivity contribution in [2.24, 2.45) is 10.9 Å². The molecule has 0 bridgehead atoms. The summed E-state index contributed by atoms with van der Waals surface area (Å²) in [7, 11) is -1.12. The quantitative estimate of drug-likeness (QED) is 0.265. The Labute approximate surface area is 164 Å². The molecule has 8 heteroatoms. The van der Waals surface area contributed by atoms with Crippen molar-refractivity contribution in [3.63, 3.8) is 0 Å². The normalized spacial score (nSPS) is 27.5. The van der Waals surface area contributed by atoms with E-state index in [0.717, 1.165) is 24.8 Å². The van der Waals surface area contributed by atoms with Gasteiger partial charge in [-0.25, -0.2) is 8.42 Å². The first-order valence-electron chi connectivity index (χ1n) is 8.88. The first kappa shape index (κ1) is 22.0. The molecule has 2 aliphatic heterocycles. The Morgan fingerprint density at radius 1 is 1.29 bits per heavy atom. The van der Waals surface area contributed by atoms with Crippen molar-refractivity contribution in [2.45, 2.75) is 45.1 Å². The number of hydrogen-bond donors (Lipinski definition) is 2. The largest absolute Gasteiger partial charge is 0.356 e. The van der Waals surface area contributed by atoms with Crippen LogP contribution >= 0.6 is 24.0 Å². The SMILES string of the molecule is CN=C(NCCCCN1CCCC(C)C1)NC1CCS(=O)(=O)C1.I. The molecule has 6 nitrogen and oxygen atoms in total. The van der Waals surface area contributed by atoms with E-state index < -0.39 is 9.84 Å². The number of aliphatic imine (C=N–C) groups is 1. The molecule has 0 radical (unpaired) electrons. The van der Waals surface area contributed by atoms with E-state index in [0.29, 0.717) is 6.42 Å². The minimum atomic E-state index is -2.85. The summed E-state index contributed by atoms with van der Waals surface area (Å²) in [5.41, 5.74) is 0. The third-order valence-electron chi connectivity index (χ3n) is 4.73. The molecule has 2 N–H and O–H groups in total. The molecule has 142 valence electrons. The lowest BCUT2D eigenvalue weighted by atomic mass is 10.0. The van der Waals surface area contributed by atoms with Crippen molar-refractivity contribution in [3.8, 4) is 0 Å². The van der Waals surface area contributed by atoms with Gasteiger partial charge in [-0.15, -0.1) is 24.0 Å². The molecule has 24 heavy (non-hydrogen) atoms. The zero-order chi connectivity index (χ0) is 16.7. The second-order valence-electron chi connectivity index (χ2n) is 7.00. The summed E-state index contributed by atoms with van der Waals surface area (Å²) < 4.78 is 23.0. The Balaban J connectivity index is 0.00000288. The Morgan fingerprint density at radius 3 is 2.71 bits per heavy atom. The second-order valence-corrected chi connectivity index (χ2v) is 9.23. The van der Waals surface area contributed by atoms with E-state index in [2.05, 4.69) is 27.4 Å². The summed E-state index contributed by atoms with van der Waals surface area (Å²) >= 11 is 0. The van der Waals surface area contributed by atoms with Crippen molar-refractivity contribution < 1.29 is 8.42 Å². The van der Waals surface area contributed by atoms with E-state index in [1.54, 1.807) is 7.05 Å². The van der Waals surface area contributed by atoms with Gasteiger partial charge < -0.3 is 15.5 Å². The lowest BCUT2D eigenvalue weighted by Crippen LogP contribution is -2.44. The van der Waals surface area contributed by atoms with Gasteiger partial charge >= 0.3 is 0 Å². The molecule has 2 atom stereocenters. The number of hydrogen-bond acceptors (Lipinski definition) is 4. The Morgan fingerprint density at radius 2 is 2.08 bits per heavy atom. The molecule has 0 saturated carbocycles. The number of likely N-dealkylation sites (tertiary alicyclic amines) is 1. The highest BCUT2D eigenvalue weighted by Crippen LogP contribution is 2.15. The molecular weight excluding hydrogens is 439 g/mol. The maximum Gasteiger partial charge on any atom is 0.191 e. The third-order valence-corrected chi connectivity index (χ3v) is 6.50. The molecule has 2 heterocycles. The standard InChI is InChI=1S/C16H32N4O2S.HI/c1-14-6-5-10-20(12-14)9-4-3-8-18-16(17-2)19-15-7-11-23(21,22)13-15;/h14-15H,3-13H2,1-2H3,(H2,17,18,19);1H. The highest BCUT2D eigenvalue weighted by atomic mass is 127. The van der Waals surface area contributed by atoms with Crippen LogP contribution in [0.2, 0.25) is 0 Å². The maximum atomic E-state index is 11.5. The van der Waals surface area contributed by atoms with Crippen LogP contribution in [0.1, 0.15) is 39.0 Å². The van der Waals surface area contributed by atoms with E-state index in [4.69, 9.17) is 0 Å². The van der Waals surface area contributed by atoms with Gasteiger partial charge in [0.2, 0.25) is 0 Å². The van der Waals surface area contributed by atoms with E-state index in [9.17, 15) is 8.42 Å². The summed E-state index contributed by atoms with van der Waals surface area (Å²) in [5.74, 6) is 2.07. The number of halogens is 1. The molecule has 0 aromatic rings. The van der Waals surface area contributed by atoms with Gasteiger partial charge in [0.15, 0.2) is 15.8 Å². The fraction of sp³-hybridized carbons (Fsp3) is 0.938. The highest BCUT2D eigenvalue weighted by Gasteiger charge is 2.28. The average molecular weight is 472 g/mol. The molecule has 0 aromatic heterocycles. The van der Waals surface area contributed by atoms with Crippen LogP contribution in [0.4, 0.5) is 0 Å². The van der Waals surface area contributed by atoms with Crippen molar-refractivity contribution in [1.82, 2.24) is 15.5 Å². The molecule has 2 rings (SSSR count). The number of nitrogens with zero attached hydrogens (tertiary/aromatic N) is 2. The van der Waals surface area contributed by atoms with Gasteiger partial charge in [0, 0.05) is 26.2 Å². The van der Waals surface area contributed by atoms with Gasteiger partial charge in [-0.05, 0) is 51.1 Å². The van der Waals surface area contributed by atoms with Gasteiger partial charge in [0.1, 0.15) is 0 Å². The van der Waals surface area contributed by atoms with Crippen LogP contribution in [0.25, 0.3) is 0 Å². The second kappa shape index (κ2) is 10.8.